The summed E-state index contributed by atoms with van der Waals surface area (Å²) in [5.74, 6) is -3.38. The quantitative estimate of drug-likeness (QED) is 0.0570. The van der Waals surface area contributed by atoms with Crippen LogP contribution in [0, 0.1) is 27.7 Å². The molecule has 6 aliphatic heterocycles. The van der Waals surface area contributed by atoms with Crippen LogP contribution in [0.4, 0.5) is 46.0 Å². The van der Waals surface area contributed by atoms with Crippen molar-refractivity contribution in [3.8, 4) is 0 Å². The fraction of sp³-hybridized carbons (Fsp3) is 0.225. The number of nitrogens with zero attached hydrogens (tertiary/aromatic N) is 16. The third kappa shape index (κ3) is 10.9. The summed E-state index contributed by atoms with van der Waals surface area (Å²) >= 11 is 0. The van der Waals surface area contributed by atoms with Gasteiger partial charge in [-0.1, -0.05) is 72.8 Å². The Hall–Kier alpha value is -13.0. The van der Waals surface area contributed by atoms with E-state index in [9.17, 15) is 38.4 Å². The van der Waals surface area contributed by atoms with Crippen molar-refractivity contribution in [3.05, 3.63) is 271 Å². The van der Waals surface area contributed by atoms with Gasteiger partial charge in [0, 0.05) is 85.0 Å². The molecule has 8 amide bonds. The van der Waals surface area contributed by atoms with Gasteiger partial charge in [-0.25, -0.2) is 18.7 Å². The van der Waals surface area contributed by atoms with Crippen LogP contribution in [-0.4, -0.2) is 161 Å². The SMILES string of the molecule is Cc1nn(CCON2C(=O)c3ccccc3C2=O)c2c1C(c1ccc(N(C)C)cc1)c1c(C)nn(CCON3C(=O)c4ccccc4C3=O)c1N2c1ccc(N2c3c(c(C)nn3CCON3C(=O)c4ccccc4C3=O)C(c3ccc(N(C)C)cc3)c3c(C)nn(CCON4C(=O)c5ccccc5C4=O)c32)cc1. The number of hydrogen-bond acceptors (Lipinski definition) is 20. The highest BCUT2D eigenvalue weighted by Gasteiger charge is 2.47. The van der Waals surface area contributed by atoms with Crippen molar-refractivity contribution in [1.82, 2.24) is 59.4 Å². The Morgan fingerprint density at radius 3 is 0.694 bits per heavy atom. The average Bonchev–Trinajstić information content (AvgIpc) is 1.53. The summed E-state index contributed by atoms with van der Waals surface area (Å²) in [6.45, 7) is 7.11. The molecule has 0 bridgehead atoms. The molecule has 0 aliphatic carbocycles. The number of carbonyl (C=O) groups excluding carboxylic acids is 8. The van der Waals surface area contributed by atoms with E-state index in [0.29, 0.717) is 57.4 Å². The van der Waals surface area contributed by atoms with Gasteiger partial charge in [-0.05, 0) is 136 Å². The molecule has 10 heterocycles. The second-order valence-corrected chi connectivity index (χ2v) is 27.3. The third-order valence-corrected chi connectivity index (χ3v) is 20.6. The van der Waals surface area contributed by atoms with Gasteiger partial charge in [0.1, 0.15) is 23.3 Å². The van der Waals surface area contributed by atoms with Gasteiger partial charge in [0.05, 0.1) is 120 Å². The molecule has 0 atom stereocenters. The molecule has 28 nitrogen and oxygen atoms in total. The van der Waals surface area contributed by atoms with E-state index >= 15 is 0 Å². The van der Waals surface area contributed by atoms with E-state index in [0.717, 1.165) is 65.0 Å². The zero-order chi connectivity index (χ0) is 74.8. The minimum absolute atomic E-state index is 0.0221. The summed E-state index contributed by atoms with van der Waals surface area (Å²) in [4.78, 5) is 143. The number of aromatic nitrogens is 8. The van der Waals surface area contributed by atoms with Gasteiger partial charge >= 0.3 is 0 Å². The van der Waals surface area contributed by atoms with Crippen LogP contribution in [0.2, 0.25) is 0 Å². The molecule has 0 fully saturated rings. The number of anilines is 8. The maximum Gasteiger partial charge on any atom is 0.285 e. The zero-order valence-electron chi connectivity index (χ0n) is 60.0. The number of fused-ring (bicyclic) bond motifs is 8. The van der Waals surface area contributed by atoms with E-state index in [-0.39, 0.29) is 97.1 Å². The van der Waals surface area contributed by atoms with Crippen molar-refractivity contribution in [2.24, 2.45) is 0 Å². The fourth-order valence-corrected chi connectivity index (χ4v) is 15.6. The van der Waals surface area contributed by atoms with Crippen LogP contribution in [-0.2, 0) is 45.5 Å². The second-order valence-electron chi connectivity index (χ2n) is 27.3. The first-order valence-corrected chi connectivity index (χ1v) is 35.2. The van der Waals surface area contributed by atoms with Crippen LogP contribution >= 0.6 is 0 Å². The van der Waals surface area contributed by atoms with Crippen LogP contribution in [0.5, 0.6) is 0 Å². The van der Waals surface area contributed by atoms with Gasteiger partial charge in [0.15, 0.2) is 0 Å². The van der Waals surface area contributed by atoms with Gasteiger partial charge < -0.3 is 9.80 Å². The molecule has 0 saturated heterocycles. The summed E-state index contributed by atoms with van der Waals surface area (Å²) < 4.78 is 7.20. The molecule has 108 heavy (non-hydrogen) atoms. The lowest BCUT2D eigenvalue weighted by atomic mass is 9.81. The van der Waals surface area contributed by atoms with Crippen LogP contribution < -0.4 is 19.6 Å². The number of benzene rings is 7. The Balaban J connectivity index is 0.810. The minimum atomic E-state index is -0.590. The summed E-state index contributed by atoms with van der Waals surface area (Å²) in [7, 11) is 7.89. The molecule has 6 aliphatic rings. The number of amides is 8. The van der Waals surface area contributed by atoms with Gasteiger partial charge in [-0.15, -0.1) is 20.3 Å². The van der Waals surface area contributed by atoms with Crippen LogP contribution in [0.1, 0.15) is 151 Å². The number of hydroxylamine groups is 8. The van der Waals surface area contributed by atoms with Gasteiger partial charge in [0.2, 0.25) is 0 Å². The Morgan fingerprint density at radius 2 is 0.500 bits per heavy atom. The summed E-state index contributed by atoms with van der Waals surface area (Å²) in [6.07, 6.45) is 0. The number of carbonyl (C=O) groups is 8. The number of hydrogen-bond donors (Lipinski definition) is 0. The van der Waals surface area contributed by atoms with Gasteiger partial charge in [0.25, 0.3) is 47.3 Å². The second kappa shape index (κ2) is 26.5. The molecule has 0 radical (unpaired) electrons. The number of imide groups is 4. The molecule has 7 aromatic carbocycles. The van der Waals surface area contributed by atoms with Crippen molar-refractivity contribution in [1.29, 1.82) is 0 Å². The van der Waals surface area contributed by atoms with E-state index in [4.69, 9.17) is 39.7 Å². The topological polar surface area (TPSA) is 271 Å². The standard InChI is InChI=1S/C80H70N16O12/c1-45-63-67(49-25-29-51(30-26-49)85(5)6)64-46(2)82-88(38-42-106-94-75(99)57-19-11-12-20-58(57)76(94)100)70(64)91(69(63)87(81-45)37-41-105-93-73(97)55-17-9-10-18-56(55)74(93)98)53-33-35-54(36-34-53)92-71-65(47(3)83-89(71)39-43-107-95-77(101)59-21-13-14-22-60(59)78(95)102)68(50-27-31-52(32-28-50)86(7)8)66-48(4)84-90(72(66)92)40-44-108-96-79(103)61-23-15-16-24-62(61)80(96)104/h9-36,67-68H,37-44H2,1-8H3. The summed E-state index contributed by atoms with van der Waals surface area (Å²) in [5, 5.41) is 24.3. The Bertz CT molecular complexity index is 4870. The molecular formula is C80H70N16O12. The van der Waals surface area contributed by atoms with Crippen molar-refractivity contribution >= 4 is 93.3 Å². The molecule has 0 spiro atoms. The molecule has 28 heteroatoms. The van der Waals surface area contributed by atoms with Gasteiger partial charge in [-0.3, -0.25) is 67.5 Å². The predicted octanol–water partition coefficient (Wildman–Crippen LogP) is 10.7. The number of aryl methyl sites for hydroxylation is 4. The maximum atomic E-state index is 13.8. The Kier molecular flexibility index (Phi) is 16.7. The first kappa shape index (κ1) is 68.1. The van der Waals surface area contributed by atoms with E-state index in [1.165, 1.54) is 0 Å². The molecule has 11 aromatic rings. The van der Waals surface area contributed by atoms with Gasteiger partial charge in [-0.2, -0.15) is 20.4 Å². The third-order valence-electron chi connectivity index (χ3n) is 20.6. The fourth-order valence-electron chi connectivity index (χ4n) is 15.6. The maximum absolute atomic E-state index is 13.8. The summed E-state index contributed by atoms with van der Waals surface area (Å²) in [6, 6.07) is 50.6. The number of rotatable bonds is 22. The van der Waals surface area contributed by atoms with Crippen molar-refractivity contribution in [2.75, 3.05) is 74.2 Å². The lowest BCUT2D eigenvalue weighted by Gasteiger charge is -2.37. The zero-order valence-corrected chi connectivity index (χ0v) is 60.0. The summed E-state index contributed by atoms with van der Waals surface area (Å²) in [5.41, 5.74) is 12.7. The molecule has 0 N–H and O–H groups in total. The minimum Gasteiger partial charge on any atom is -0.378 e. The van der Waals surface area contributed by atoms with Crippen molar-refractivity contribution in [3.63, 3.8) is 0 Å². The molecule has 542 valence electrons. The normalized spacial score (nSPS) is 15.1. The smallest absolute Gasteiger partial charge is 0.285 e. The van der Waals surface area contributed by atoms with E-state index in [1.54, 1.807) is 116 Å². The monoisotopic (exact) mass is 1450 g/mol. The lowest BCUT2D eigenvalue weighted by molar-refractivity contribution is -0.0943. The van der Waals surface area contributed by atoms with E-state index in [1.807, 2.05) is 90.0 Å². The van der Waals surface area contributed by atoms with Crippen LogP contribution in [0.3, 0.4) is 0 Å². The van der Waals surface area contributed by atoms with Crippen LogP contribution in [0.15, 0.2) is 170 Å². The predicted molar refractivity (Wildman–Crippen MR) is 393 cm³/mol. The first-order valence-electron chi connectivity index (χ1n) is 35.2. The molecule has 0 saturated carbocycles. The largest absolute Gasteiger partial charge is 0.378 e. The molecule has 0 unspecified atom stereocenters. The Morgan fingerprint density at radius 1 is 0.296 bits per heavy atom. The molecular weight excluding hydrogens is 1380 g/mol. The van der Waals surface area contributed by atoms with E-state index < -0.39 is 59.1 Å². The van der Waals surface area contributed by atoms with Crippen LogP contribution in [0.25, 0.3) is 0 Å². The highest BCUT2D eigenvalue weighted by Crippen LogP contribution is 2.57. The highest BCUT2D eigenvalue weighted by molar-refractivity contribution is 6.22. The van der Waals surface area contributed by atoms with Crippen molar-refractivity contribution < 1.29 is 57.7 Å². The molecule has 17 rings (SSSR count). The molecule has 4 aromatic heterocycles. The highest BCUT2D eigenvalue weighted by atomic mass is 16.7. The Labute approximate surface area is 618 Å². The van der Waals surface area contributed by atoms with Crippen molar-refractivity contribution in [2.45, 2.75) is 65.7 Å². The first-order chi connectivity index (χ1) is 52.3. The average molecular weight is 1450 g/mol. The van der Waals surface area contributed by atoms with E-state index in [2.05, 4.69) is 58.3 Å². The lowest BCUT2D eigenvalue weighted by Crippen LogP contribution is -2.33.